The van der Waals surface area contributed by atoms with Crippen LogP contribution in [0.5, 0.6) is 0 Å². The largest absolute Gasteiger partial charge is 1.00 e. The van der Waals surface area contributed by atoms with Crippen LogP contribution < -0.4 is 28.7 Å². The van der Waals surface area contributed by atoms with Crippen LogP contribution in [-0.4, -0.2) is 15.9 Å². The van der Waals surface area contributed by atoms with E-state index in [2.05, 4.69) is 19.1 Å². The highest BCUT2D eigenvalue weighted by Gasteiger charge is 2.16. The van der Waals surface area contributed by atoms with Gasteiger partial charge in [0.1, 0.15) is 13.1 Å². The minimum atomic E-state index is -0.246. The average molecular weight is 451 g/mol. The molecule has 0 spiro atoms. The highest BCUT2D eigenvalue weighted by Crippen LogP contribution is 2.08. The zero-order valence-corrected chi connectivity index (χ0v) is 17.8. The lowest BCUT2D eigenvalue weighted by Crippen LogP contribution is -3.00. The molecule has 0 aliphatic rings. The summed E-state index contributed by atoms with van der Waals surface area (Å²) in [4.78, 5) is 11.0. The molecule has 1 aromatic heterocycles. The number of aromatic nitrogens is 3. The number of carbonyl (C=O) groups is 1. The topological polar surface area (TPSA) is 48.0 Å². The Bertz CT molecular complexity index is 449. The Morgan fingerprint density at radius 3 is 2.29 bits per heavy atom. The molecule has 0 saturated carbocycles. The zero-order chi connectivity index (χ0) is 16.9. The number of unbranched alkanes of at least 4 members (excludes halogenated alkanes) is 7. The van der Waals surface area contributed by atoms with E-state index >= 15 is 0 Å². The Morgan fingerprint density at radius 1 is 1.08 bits per heavy atom. The third-order valence-corrected chi connectivity index (χ3v) is 3.95. The smallest absolute Gasteiger partial charge is 0.303 e. The van der Waals surface area contributed by atoms with Crippen molar-refractivity contribution in [3.8, 4) is 0 Å². The minimum Gasteiger partial charge on any atom is -1.00 e. The summed E-state index contributed by atoms with van der Waals surface area (Å²) in [5.41, 5.74) is 0.974. The fourth-order valence-electron chi connectivity index (χ4n) is 2.67. The molecule has 0 bridgehead atoms. The van der Waals surface area contributed by atoms with Gasteiger partial charge in [0.25, 0.3) is 0 Å². The maximum absolute atomic E-state index is 11.0. The van der Waals surface area contributed by atoms with Crippen molar-refractivity contribution in [1.29, 1.82) is 0 Å². The number of halogens is 1. The summed E-state index contributed by atoms with van der Waals surface area (Å²) in [6, 6.07) is 0. The summed E-state index contributed by atoms with van der Waals surface area (Å²) in [5.74, 6) is -0.246. The van der Waals surface area contributed by atoms with Gasteiger partial charge < -0.3 is 28.7 Å². The predicted octanol–water partition coefficient (Wildman–Crippen LogP) is 0.788. The lowest BCUT2D eigenvalue weighted by molar-refractivity contribution is -0.755. The Hall–Kier alpha value is -0.660. The van der Waals surface area contributed by atoms with Gasteiger partial charge in [0.15, 0.2) is 12.8 Å². The van der Waals surface area contributed by atoms with Crippen LogP contribution in [0, 0.1) is 0 Å². The summed E-state index contributed by atoms with van der Waals surface area (Å²) in [6.45, 7) is 7.94. The molecule has 0 atom stereocenters. The molecule has 6 heteroatoms. The van der Waals surface area contributed by atoms with Crippen molar-refractivity contribution in [3.05, 3.63) is 11.9 Å². The number of rotatable bonds is 13. The second-order valence-corrected chi connectivity index (χ2v) is 6.25. The number of aryl methyl sites for hydroxylation is 2. The molecule has 0 fully saturated rings. The van der Waals surface area contributed by atoms with Gasteiger partial charge in [-0.15, -0.1) is 9.36 Å². The van der Waals surface area contributed by atoms with E-state index in [1.165, 1.54) is 51.9 Å². The lowest BCUT2D eigenvalue weighted by Gasteiger charge is -1.99. The standard InChI is InChI=1S/C18H34N3O2.HI/c1-4-6-7-8-9-10-11-12-14-20-15-18(16-23-17(3)22)21(19-20)13-5-2;/h15H,4-14,16H2,1-3H3;1H/q+1;/p-1. The molecule has 0 aliphatic carbocycles. The third-order valence-electron chi connectivity index (χ3n) is 3.95. The molecule has 140 valence electrons. The summed E-state index contributed by atoms with van der Waals surface area (Å²) >= 11 is 0. The summed E-state index contributed by atoms with van der Waals surface area (Å²) in [5, 5.41) is 4.58. The molecule has 0 unspecified atom stereocenters. The molecule has 0 radical (unpaired) electrons. The van der Waals surface area contributed by atoms with Crippen molar-refractivity contribution in [3.63, 3.8) is 0 Å². The van der Waals surface area contributed by atoms with E-state index in [4.69, 9.17) is 4.74 Å². The molecule has 1 heterocycles. The van der Waals surface area contributed by atoms with Crippen LogP contribution >= 0.6 is 0 Å². The van der Waals surface area contributed by atoms with Gasteiger partial charge in [-0.05, 0) is 19.3 Å². The molecule has 0 aromatic carbocycles. The van der Waals surface area contributed by atoms with Gasteiger partial charge in [-0.2, -0.15) is 0 Å². The number of nitrogens with zero attached hydrogens (tertiary/aromatic N) is 3. The quantitative estimate of drug-likeness (QED) is 0.193. The number of carbonyl (C=O) groups excluding carboxylic acids is 1. The average Bonchev–Trinajstić information content (AvgIpc) is 2.90. The minimum absolute atomic E-state index is 0. The fraction of sp³-hybridized carbons (Fsp3) is 0.833. The van der Waals surface area contributed by atoms with Crippen molar-refractivity contribution in [2.75, 3.05) is 0 Å². The van der Waals surface area contributed by atoms with Gasteiger partial charge in [0, 0.05) is 6.92 Å². The van der Waals surface area contributed by atoms with Crippen molar-refractivity contribution in [2.45, 2.75) is 98.3 Å². The molecule has 1 rings (SSSR count). The van der Waals surface area contributed by atoms with Gasteiger partial charge in [-0.3, -0.25) is 4.79 Å². The molecule has 0 amide bonds. The second-order valence-electron chi connectivity index (χ2n) is 6.25. The summed E-state index contributed by atoms with van der Waals surface area (Å²) in [7, 11) is 0. The third kappa shape index (κ3) is 10.3. The molecule has 1 aromatic rings. The zero-order valence-electron chi connectivity index (χ0n) is 15.6. The Balaban J connectivity index is 0.00000529. The van der Waals surface area contributed by atoms with Gasteiger partial charge in [-0.25, -0.2) is 0 Å². The molecule has 0 N–H and O–H groups in total. The Morgan fingerprint density at radius 2 is 1.71 bits per heavy atom. The number of esters is 1. The van der Waals surface area contributed by atoms with Crippen molar-refractivity contribution in [1.82, 2.24) is 9.90 Å². The molecule has 5 nitrogen and oxygen atoms in total. The van der Waals surface area contributed by atoms with Crippen LogP contribution in [-0.2, 0) is 29.2 Å². The van der Waals surface area contributed by atoms with Crippen LogP contribution in [0.25, 0.3) is 0 Å². The SMILES string of the molecule is CCCCCCCCCC[n+]1cc(COC(C)=O)n(CCC)n1.[I-]. The van der Waals surface area contributed by atoms with Crippen LogP contribution in [0.15, 0.2) is 6.20 Å². The molecule has 0 saturated heterocycles. The maximum Gasteiger partial charge on any atom is 0.303 e. The number of hydrogen-bond donors (Lipinski definition) is 0. The first kappa shape index (κ1) is 23.3. The van der Waals surface area contributed by atoms with Crippen LogP contribution in [0.2, 0.25) is 0 Å². The number of hydrogen-bond acceptors (Lipinski definition) is 3. The summed E-state index contributed by atoms with van der Waals surface area (Å²) in [6.07, 6.45) is 13.6. The summed E-state index contributed by atoms with van der Waals surface area (Å²) < 4.78 is 9.05. The number of ether oxygens (including phenoxy) is 1. The maximum atomic E-state index is 11.0. The second kappa shape index (κ2) is 14.7. The Labute approximate surface area is 164 Å². The van der Waals surface area contributed by atoms with E-state index in [1.54, 1.807) is 0 Å². The van der Waals surface area contributed by atoms with Crippen LogP contribution in [0.3, 0.4) is 0 Å². The van der Waals surface area contributed by atoms with Crippen molar-refractivity contribution >= 4 is 5.97 Å². The van der Waals surface area contributed by atoms with E-state index in [9.17, 15) is 4.79 Å². The lowest BCUT2D eigenvalue weighted by atomic mass is 10.1. The predicted molar refractivity (Wildman–Crippen MR) is 90.8 cm³/mol. The van der Waals surface area contributed by atoms with Crippen molar-refractivity contribution < 1.29 is 38.2 Å². The normalized spacial score (nSPS) is 10.5. The van der Waals surface area contributed by atoms with Crippen molar-refractivity contribution in [2.24, 2.45) is 0 Å². The highest BCUT2D eigenvalue weighted by molar-refractivity contribution is 5.65. The first-order valence-electron chi connectivity index (χ1n) is 9.27. The monoisotopic (exact) mass is 451 g/mol. The van der Waals surface area contributed by atoms with E-state index in [-0.39, 0.29) is 29.9 Å². The van der Waals surface area contributed by atoms with Gasteiger partial charge in [0.05, 0.1) is 5.21 Å². The van der Waals surface area contributed by atoms with E-state index < -0.39 is 0 Å². The van der Waals surface area contributed by atoms with E-state index in [1.807, 2.05) is 15.6 Å². The van der Waals surface area contributed by atoms with E-state index in [0.29, 0.717) is 6.61 Å². The molecular formula is C18H34IN3O2. The molecule has 24 heavy (non-hydrogen) atoms. The molecular weight excluding hydrogens is 417 g/mol. The first-order chi connectivity index (χ1) is 11.2. The van der Waals surface area contributed by atoms with Crippen LogP contribution in [0.4, 0.5) is 0 Å². The van der Waals surface area contributed by atoms with Gasteiger partial charge in [0.2, 0.25) is 5.69 Å². The van der Waals surface area contributed by atoms with Crippen LogP contribution in [0.1, 0.15) is 84.3 Å². The van der Waals surface area contributed by atoms with Gasteiger partial charge >= 0.3 is 5.97 Å². The Kier molecular flexibility index (Phi) is 14.3. The highest BCUT2D eigenvalue weighted by atomic mass is 127. The first-order valence-corrected chi connectivity index (χ1v) is 9.27. The van der Waals surface area contributed by atoms with Gasteiger partial charge in [-0.1, -0.05) is 52.4 Å². The molecule has 0 aliphatic heterocycles. The fourth-order valence-corrected chi connectivity index (χ4v) is 2.67. The van der Waals surface area contributed by atoms with E-state index in [0.717, 1.165) is 31.6 Å².